The van der Waals surface area contributed by atoms with Gasteiger partial charge >= 0.3 is 0 Å². The van der Waals surface area contributed by atoms with Crippen molar-refractivity contribution in [2.75, 3.05) is 7.11 Å². The van der Waals surface area contributed by atoms with Gasteiger partial charge in [0, 0.05) is 6.04 Å². The quantitative estimate of drug-likeness (QED) is 0.586. The van der Waals surface area contributed by atoms with Crippen molar-refractivity contribution in [3.63, 3.8) is 0 Å². The van der Waals surface area contributed by atoms with Gasteiger partial charge in [-0.15, -0.1) is 0 Å². The Kier molecular flexibility index (Phi) is 6.89. The summed E-state index contributed by atoms with van der Waals surface area (Å²) in [5.74, 6) is 0.908. The summed E-state index contributed by atoms with van der Waals surface area (Å²) in [4.78, 5) is 0. The summed E-state index contributed by atoms with van der Waals surface area (Å²) in [6.45, 7) is 4.34. The van der Waals surface area contributed by atoms with Gasteiger partial charge in [0.25, 0.3) is 0 Å². The first-order valence-electron chi connectivity index (χ1n) is 10.2. The molecule has 0 bridgehead atoms. The monoisotopic (exact) mass is 373 g/mol. The molecule has 1 atom stereocenters. The number of rotatable bonds is 4. The average Bonchev–Trinajstić information content (AvgIpc) is 3.10. The molecular weight excluding hydrogens is 342 g/mol. The smallest absolute Gasteiger partial charge is 0.119 e. The van der Waals surface area contributed by atoms with Crippen LogP contribution in [0.3, 0.4) is 0 Å². The normalized spacial score (nSPS) is 14.8. The highest BCUT2D eigenvalue weighted by Gasteiger charge is 2.18. The Labute approximate surface area is 169 Å². The van der Waals surface area contributed by atoms with Crippen molar-refractivity contribution in [2.45, 2.75) is 45.6 Å². The number of hydrogen-bond donors (Lipinski definition) is 1. The molecule has 2 N–H and O–H groups in total. The zero-order valence-electron chi connectivity index (χ0n) is 17.2. The fourth-order valence-corrected chi connectivity index (χ4v) is 3.64. The second-order valence-electron chi connectivity index (χ2n) is 7.52. The predicted molar refractivity (Wildman–Crippen MR) is 119 cm³/mol. The van der Waals surface area contributed by atoms with E-state index in [1.165, 1.54) is 46.2 Å². The molecule has 0 aliphatic heterocycles. The van der Waals surface area contributed by atoms with Gasteiger partial charge in [-0.2, -0.15) is 0 Å². The summed E-state index contributed by atoms with van der Waals surface area (Å²) < 4.78 is 5.13. The third kappa shape index (κ3) is 5.02. The summed E-state index contributed by atoms with van der Waals surface area (Å²) in [7, 11) is 1.68. The molecule has 28 heavy (non-hydrogen) atoms. The lowest BCUT2D eigenvalue weighted by molar-refractivity contribution is 0.414. The molecule has 1 aliphatic rings. The predicted octanol–water partition coefficient (Wildman–Crippen LogP) is 6.26. The maximum Gasteiger partial charge on any atom is 0.119 e. The van der Waals surface area contributed by atoms with Gasteiger partial charge in [0.15, 0.2) is 0 Å². The maximum absolute atomic E-state index is 5.91. The summed E-state index contributed by atoms with van der Waals surface area (Å²) in [5.41, 5.74) is 13.9. The van der Waals surface area contributed by atoms with Crippen molar-refractivity contribution in [3.05, 3.63) is 89.0 Å². The molecule has 0 heterocycles. The summed E-state index contributed by atoms with van der Waals surface area (Å²) >= 11 is 0. The largest absolute Gasteiger partial charge is 0.497 e. The molecule has 1 aliphatic carbocycles. The molecule has 0 radical (unpaired) electrons. The van der Waals surface area contributed by atoms with Crippen LogP contribution in [0.25, 0.3) is 11.1 Å². The van der Waals surface area contributed by atoms with Crippen LogP contribution in [-0.2, 0) is 12.8 Å². The summed E-state index contributed by atoms with van der Waals surface area (Å²) in [6, 6.07) is 24.0. The van der Waals surface area contributed by atoms with Crippen LogP contribution in [0.5, 0.6) is 5.75 Å². The Morgan fingerprint density at radius 3 is 2.18 bits per heavy atom. The Morgan fingerprint density at radius 1 is 0.929 bits per heavy atom. The van der Waals surface area contributed by atoms with Crippen LogP contribution in [-0.4, -0.2) is 7.11 Å². The molecule has 0 saturated heterocycles. The first kappa shape index (κ1) is 20.2. The lowest BCUT2D eigenvalue weighted by Crippen LogP contribution is -2.05. The van der Waals surface area contributed by atoms with Crippen LogP contribution in [0.15, 0.2) is 66.7 Å². The molecular formula is C26H31NO. The lowest BCUT2D eigenvalue weighted by atomic mass is 10.0. The van der Waals surface area contributed by atoms with Crippen LogP contribution < -0.4 is 10.5 Å². The fourth-order valence-electron chi connectivity index (χ4n) is 3.64. The van der Waals surface area contributed by atoms with Gasteiger partial charge in [-0.25, -0.2) is 0 Å². The number of fused-ring (bicyclic) bond motifs is 1. The Morgan fingerprint density at radius 2 is 1.57 bits per heavy atom. The Bertz CT molecular complexity index is 881. The molecule has 0 saturated carbocycles. The highest BCUT2D eigenvalue weighted by Crippen LogP contribution is 2.31. The first-order valence-corrected chi connectivity index (χ1v) is 10.2. The van der Waals surface area contributed by atoms with Crippen molar-refractivity contribution >= 4 is 0 Å². The second kappa shape index (κ2) is 9.57. The van der Waals surface area contributed by atoms with Gasteiger partial charge in [0.2, 0.25) is 0 Å². The molecule has 146 valence electrons. The zero-order chi connectivity index (χ0) is 19.9. The van der Waals surface area contributed by atoms with Crippen molar-refractivity contribution in [1.82, 2.24) is 0 Å². The van der Waals surface area contributed by atoms with Crippen molar-refractivity contribution in [3.8, 4) is 16.9 Å². The van der Waals surface area contributed by atoms with E-state index in [1.807, 2.05) is 12.1 Å². The molecule has 0 aromatic heterocycles. The van der Waals surface area contributed by atoms with Gasteiger partial charge in [-0.1, -0.05) is 73.5 Å². The molecule has 2 heteroatoms. The summed E-state index contributed by atoms with van der Waals surface area (Å²) in [5, 5.41) is 0. The van der Waals surface area contributed by atoms with Crippen LogP contribution in [0, 0.1) is 6.92 Å². The number of ether oxygens (including phenoxy) is 1. The Balaban J connectivity index is 0.000000167. The van der Waals surface area contributed by atoms with E-state index in [0.29, 0.717) is 0 Å². The molecule has 3 aromatic rings. The summed E-state index contributed by atoms with van der Waals surface area (Å²) in [6.07, 6.45) is 4.57. The maximum atomic E-state index is 5.91. The van der Waals surface area contributed by atoms with Crippen LogP contribution in [0.1, 0.15) is 48.1 Å². The highest BCUT2D eigenvalue weighted by atomic mass is 16.5. The van der Waals surface area contributed by atoms with Gasteiger partial charge < -0.3 is 10.5 Å². The topological polar surface area (TPSA) is 35.2 Å². The van der Waals surface area contributed by atoms with E-state index in [1.54, 1.807) is 7.11 Å². The fraction of sp³-hybridized carbons (Fsp3) is 0.308. The molecule has 0 spiro atoms. The molecule has 2 nitrogen and oxygen atoms in total. The van der Waals surface area contributed by atoms with Crippen molar-refractivity contribution in [1.29, 1.82) is 0 Å². The first-order chi connectivity index (χ1) is 13.6. The molecule has 0 amide bonds. The van der Waals surface area contributed by atoms with Crippen molar-refractivity contribution in [2.24, 2.45) is 5.73 Å². The SMILES string of the molecule is CCCc1ccc(-c2ccc(C)cc2)cc1.COc1ccc2c(c1)C(N)CC2. The second-order valence-corrected chi connectivity index (χ2v) is 7.52. The number of nitrogens with two attached hydrogens (primary N) is 1. The van der Waals surface area contributed by atoms with Crippen LogP contribution in [0.2, 0.25) is 0 Å². The highest BCUT2D eigenvalue weighted by molar-refractivity contribution is 5.63. The third-order valence-electron chi connectivity index (χ3n) is 5.35. The molecule has 4 rings (SSSR count). The number of methoxy groups -OCH3 is 1. The lowest BCUT2D eigenvalue weighted by Gasteiger charge is -2.06. The van der Waals surface area contributed by atoms with Gasteiger partial charge in [0.1, 0.15) is 5.75 Å². The van der Waals surface area contributed by atoms with E-state index in [-0.39, 0.29) is 6.04 Å². The minimum Gasteiger partial charge on any atom is -0.497 e. The number of hydrogen-bond acceptors (Lipinski definition) is 2. The minimum atomic E-state index is 0.218. The van der Waals surface area contributed by atoms with Gasteiger partial charge in [-0.05, 0) is 66.1 Å². The molecule has 3 aromatic carbocycles. The van der Waals surface area contributed by atoms with E-state index in [2.05, 4.69) is 68.4 Å². The standard InChI is InChI=1S/C16H18.C10H13NO/c1-3-4-14-7-11-16(12-8-14)15-9-5-13(2)6-10-15;1-12-8-4-2-7-3-5-10(11)9(7)6-8/h5-12H,3-4H2,1-2H3;2,4,6,10H,3,5,11H2,1H3. The van der Waals surface area contributed by atoms with Gasteiger partial charge in [0.05, 0.1) is 7.11 Å². The molecule has 0 fully saturated rings. The Hall–Kier alpha value is -2.58. The van der Waals surface area contributed by atoms with E-state index >= 15 is 0 Å². The van der Waals surface area contributed by atoms with E-state index < -0.39 is 0 Å². The molecule has 1 unspecified atom stereocenters. The number of aryl methyl sites for hydroxylation is 3. The van der Waals surface area contributed by atoms with Gasteiger partial charge in [-0.3, -0.25) is 0 Å². The minimum absolute atomic E-state index is 0.218. The zero-order valence-corrected chi connectivity index (χ0v) is 17.2. The van der Waals surface area contributed by atoms with Crippen LogP contribution >= 0.6 is 0 Å². The number of benzene rings is 3. The average molecular weight is 374 g/mol. The van der Waals surface area contributed by atoms with Crippen molar-refractivity contribution < 1.29 is 4.74 Å². The van der Waals surface area contributed by atoms with E-state index in [0.717, 1.165) is 18.6 Å². The third-order valence-corrected chi connectivity index (χ3v) is 5.35. The van der Waals surface area contributed by atoms with E-state index in [9.17, 15) is 0 Å². The van der Waals surface area contributed by atoms with Crippen LogP contribution in [0.4, 0.5) is 0 Å². The van der Waals surface area contributed by atoms with E-state index in [4.69, 9.17) is 10.5 Å².